The molecule has 0 aliphatic carbocycles. The van der Waals surface area contributed by atoms with Gasteiger partial charge >= 0.3 is 0 Å². The molecular weight excluding hydrogens is 306 g/mol. The van der Waals surface area contributed by atoms with Crippen molar-refractivity contribution < 1.29 is 14.7 Å². The fourth-order valence-corrected chi connectivity index (χ4v) is 2.82. The Bertz CT molecular complexity index is 733. The maximum Gasteiger partial charge on any atom is 0.254 e. The Balaban J connectivity index is 1.67. The van der Waals surface area contributed by atoms with Crippen molar-refractivity contribution in [3.63, 3.8) is 0 Å². The third-order valence-electron chi connectivity index (χ3n) is 4.09. The van der Waals surface area contributed by atoms with Gasteiger partial charge in [0.05, 0.1) is 0 Å². The second-order valence-electron chi connectivity index (χ2n) is 5.72. The smallest absolute Gasteiger partial charge is 0.254 e. The third-order valence-corrected chi connectivity index (χ3v) is 4.09. The summed E-state index contributed by atoms with van der Waals surface area (Å²) in [5, 5.41) is 9.53. The Hall–Kier alpha value is -2.89. The van der Waals surface area contributed by atoms with E-state index in [2.05, 4.69) is 4.98 Å². The lowest BCUT2D eigenvalue weighted by molar-refractivity contribution is 0.0718. The molecule has 3 rings (SSSR count). The van der Waals surface area contributed by atoms with E-state index in [1.54, 1.807) is 46.5 Å². The molecule has 1 aliphatic rings. The molecule has 0 unspecified atom stereocenters. The molecule has 24 heavy (non-hydrogen) atoms. The Morgan fingerprint density at radius 2 is 1.50 bits per heavy atom. The highest BCUT2D eigenvalue weighted by molar-refractivity contribution is 5.95. The van der Waals surface area contributed by atoms with Crippen LogP contribution in [0.3, 0.4) is 0 Å². The number of amides is 2. The van der Waals surface area contributed by atoms with Gasteiger partial charge in [0.1, 0.15) is 5.75 Å². The lowest BCUT2D eigenvalue weighted by Crippen LogP contribution is -2.37. The first-order valence-electron chi connectivity index (χ1n) is 7.93. The fourth-order valence-electron chi connectivity index (χ4n) is 2.82. The molecule has 1 fully saturated rings. The van der Waals surface area contributed by atoms with Crippen molar-refractivity contribution in [2.75, 3.05) is 26.2 Å². The summed E-state index contributed by atoms with van der Waals surface area (Å²) in [5.41, 5.74) is 1.07. The minimum atomic E-state index is -0.121. The van der Waals surface area contributed by atoms with Crippen LogP contribution in [-0.4, -0.2) is 57.9 Å². The molecule has 6 nitrogen and oxygen atoms in total. The fraction of sp³-hybridized carbons (Fsp3) is 0.278. The second kappa shape index (κ2) is 7.12. The van der Waals surface area contributed by atoms with Crippen molar-refractivity contribution in [1.82, 2.24) is 14.8 Å². The summed E-state index contributed by atoms with van der Waals surface area (Å²) in [7, 11) is 0. The van der Waals surface area contributed by atoms with Gasteiger partial charge in [-0.1, -0.05) is 6.07 Å². The number of hydrogen-bond acceptors (Lipinski definition) is 4. The van der Waals surface area contributed by atoms with Gasteiger partial charge in [-0.3, -0.25) is 14.6 Å². The number of carbonyl (C=O) groups is 2. The minimum absolute atomic E-state index is 0.0379. The number of rotatable bonds is 2. The molecule has 0 radical (unpaired) electrons. The zero-order chi connectivity index (χ0) is 16.9. The molecule has 0 saturated carbocycles. The van der Waals surface area contributed by atoms with Crippen LogP contribution in [0.2, 0.25) is 0 Å². The van der Waals surface area contributed by atoms with Crippen molar-refractivity contribution >= 4 is 11.8 Å². The molecule has 1 N–H and O–H groups in total. The van der Waals surface area contributed by atoms with E-state index in [1.807, 2.05) is 0 Å². The Morgan fingerprint density at radius 3 is 2.12 bits per heavy atom. The van der Waals surface area contributed by atoms with Crippen molar-refractivity contribution in [3.8, 4) is 5.75 Å². The zero-order valence-corrected chi connectivity index (χ0v) is 13.3. The summed E-state index contributed by atoms with van der Waals surface area (Å²) in [6, 6.07) is 9.74. The normalized spacial score (nSPS) is 15.0. The Morgan fingerprint density at radius 1 is 0.875 bits per heavy atom. The molecule has 1 aromatic carbocycles. The van der Waals surface area contributed by atoms with Gasteiger partial charge in [-0.2, -0.15) is 0 Å². The van der Waals surface area contributed by atoms with Gasteiger partial charge in [0.15, 0.2) is 0 Å². The summed E-state index contributed by atoms with van der Waals surface area (Å²) in [5.74, 6) is -0.0849. The number of aromatic nitrogens is 1. The van der Waals surface area contributed by atoms with Gasteiger partial charge < -0.3 is 14.9 Å². The average Bonchev–Trinajstić information content (AvgIpc) is 2.87. The number of nitrogens with zero attached hydrogens (tertiary/aromatic N) is 3. The van der Waals surface area contributed by atoms with E-state index in [4.69, 9.17) is 0 Å². The van der Waals surface area contributed by atoms with Crippen LogP contribution in [0.5, 0.6) is 5.75 Å². The molecule has 6 heteroatoms. The topological polar surface area (TPSA) is 73.7 Å². The molecule has 2 amide bonds. The first-order chi connectivity index (χ1) is 11.6. The maximum atomic E-state index is 12.6. The predicted molar refractivity (Wildman–Crippen MR) is 88.8 cm³/mol. The van der Waals surface area contributed by atoms with Gasteiger partial charge in [-0.05, 0) is 36.8 Å². The predicted octanol–water partition coefficient (Wildman–Crippen LogP) is 1.78. The second-order valence-corrected chi connectivity index (χ2v) is 5.72. The van der Waals surface area contributed by atoms with E-state index in [0.29, 0.717) is 37.3 Å². The van der Waals surface area contributed by atoms with Gasteiger partial charge in [-0.25, -0.2) is 0 Å². The summed E-state index contributed by atoms with van der Waals surface area (Å²) >= 11 is 0. The van der Waals surface area contributed by atoms with Crippen molar-refractivity contribution in [1.29, 1.82) is 0 Å². The molecule has 0 atom stereocenters. The van der Waals surface area contributed by atoms with Crippen LogP contribution in [0.15, 0.2) is 48.8 Å². The molecule has 1 saturated heterocycles. The standard InChI is InChI=1S/C18H19N3O3/c22-16-4-1-3-15(13-16)18(24)21-10-2-9-20(11-12-21)17(23)14-5-7-19-8-6-14/h1,3-8,13,22H,2,9-12H2. The van der Waals surface area contributed by atoms with Gasteiger partial charge in [0.25, 0.3) is 11.8 Å². The van der Waals surface area contributed by atoms with E-state index >= 15 is 0 Å². The molecular formula is C18H19N3O3. The minimum Gasteiger partial charge on any atom is -0.508 e. The van der Waals surface area contributed by atoms with Gasteiger partial charge in [0, 0.05) is 49.7 Å². The Labute approximate surface area is 140 Å². The summed E-state index contributed by atoms with van der Waals surface area (Å²) in [4.78, 5) is 32.5. The van der Waals surface area contributed by atoms with E-state index in [1.165, 1.54) is 12.1 Å². The highest BCUT2D eigenvalue weighted by atomic mass is 16.3. The highest BCUT2D eigenvalue weighted by Gasteiger charge is 2.23. The molecule has 2 aromatic rings. The molecule has 0 spiro atoms. The maximum absolute atomic E-state index is 12.6. The highest BCUT2D eigenvalue weighted by Crippen LogP contribution is 2.15. The number of benzene rings is 1. The molecule has 0 bridgehead atoms. The van der Waals surface area contributed by atoms with E-state index < -0.39 is 0 Å². The molecule has 1 aromatic heterocycles. The monoisotopic (exact) mass is 325 g/mol. The zero-order valence-electron chi connectivity index (χ0n) is 13.3. The van der Waals surface area contributed by atoms with Crippen molar-refractivity contribution in [2.45, 2.75) is 6.42 Å². The van der Waals surface area contributed by atoms with Crippen LogP contribution in [0, 0.1) is 0 Å². The number of phenolic OH excluding ortho intramolecular Hbond substituents is 1. The van der Waals surface area contributed by atoms with E-state index in [-0.39, 0.29) is 17.6 Å². The molecule has 1 aliphatic heterocycles. The summed E-state index contributed by atoms with van der Waals surface area (Å²) in [6.45, 7) is 2.18. The van der Waals surface area contributed by atoms with Crippen LogP contribution in [-0.2, 0) is 0 Å². The van der Waals surface area contributed by atoms with Crippen LogP contribution >= 0.6 is 0 Å². The van der Waals surface area contributed by atoms with Crippen LogP contribution in [0.1, 0.15) is 27.1 Å². The largest absolute Gasteiger partial charge is 0.508 e. The Kier molecular flexibility index (Phi) is 4.74. The van der Waals surface area contributed by atoms with Crippen LogP contribution in [0.25, 0.3) is 0 Å². The van der Waals surface area contributed by atoms with Crippen molar-refractivity contribution in [3.05, 3.63) is 59.9 Å². The molecule has 2 heterocycles. The summed E-state index contributed by atoms with van der Waals surface area (Å²) in [6.07, 6.45) is 3.92. The molecule has 124 valence electrons. The van der Waals surface area contributed by atoms with Crippen molar-refractivity contribution in [2.24, 2.45) is 0 Å². The van der Waals surface area contributed by atoms with Crippen LogP contribution < -0.4 is 0 Å². The lowest BCUT2D eigenvalue weighted by Gasteiger charge is -2.22. The third kappa shape index (κ3) is 3.53. The number of hydrogen-bond donors (Lipinski definition) is 1. The quantitative estimate of drug-likeness (QED) is 0.913. The number of aromatic hydroxyl groups is 1. The van der Waals surface area contributed by atoms with E-state index in [0.717, 1.165) is 6.42 Å². The summed E-state index contributed by atoms with van der Waals surface area (Å²) < 4.78 is 0. The SMILES string of the molecule is O=C(c1ccncc1)N1CCCN(C(=O)c2cccc(O)c2)CC1. The number of pyridine rings is 1. The lowest BCUT2D eigenvalue weighted by atomic mass is 10.2. The first kappa shape index (κ1) is 16.0. The first-order valence-corrected chi connectivity index (χ1v) is 7.93. The average molecular weight is 325 g/mol. The van der Waals surface area contributed by atoms with Gasteiger partial charge in [0.2, 0.25) is 0 Å². The van der Waals surface area contributed by atoms with Gasteiger partial charge in [-0.15, -0.1) is 0 Å². The number of carbonyl (C=O) groups excluding carboxylic acids is 2. The van der Waals surface area contributed by atoms with Crippen LogP contribution in [0.4, 0.5) is 0 Å². The van der Waals surface area contributed by atoms with E-state index in [9.17, 15) is 14.7 Å². The number of phenols is 1.